The van der Waals surface area contributed by atoms with E-state index in [9.17, 15) is 9.59 Å². The molecule has 0 saturated heterocycles. The number of aryl methyl sites for hydroxylation is 2. The number of ketones is 1. The molecule has 1 atom stereocenters. The number of hydrogen-bond donors (Lipinski definition) is 0. The van der Waals surface area contributed by atoms with E-state index in [4.69, 9.17) is 18.6 Å². The molecule has 0 unspecified atom stereocenters. The molecule has 6 nitrogen and oxygen atoms in total. The molecule has 1 aliphatic rings. The van der Waals surface area contributed by atoms with E-state index in [0.29, 0.717) is 39.3 Å². The fraction of sp³-hybridized carbons (Fsp3) is 0.273. The Kier molecular flexibility index (Phi) is 4.34. The van der Waals surface area contributed by atoms with E-state index in [2.05, 4.69) is 0 Å². The van der Waals surface area contributed by atoms with E-state index in [1.54, 1.807) is 39.3 Å². The topological polar surface area (TPSA) is 75.0 Å². The van der Waals surface area contributed by atoms with Gasteiger partial charge in [0.25, 0.3) is 0 Å². The summed E-state index contributed by atoms with van der Waals surface area (Å²) in [5.74, 6) is 1.67. The van der Waals surface area contributed by atoms with Crippen molar-refractivity contribution in [2.45, 2.75) is 26.4 Å². The zero-order valence-corrected chi connectivity index (χ0v) is 16.1. The molecule has 1 aromatic heterocycles. The SMILES string of the molecule is COc1ccc([C@@H]2CC(=O)c3c(C)cc4oc(=O)cc(C)c4c3O2)c(OC)c1. The van der Waals surface area contributed by atoms with Crippen molar-refractivity contribution in [3.05, 3.63) is 63.0 Å². The predicted molar refractivity (Wildman–Crippen MR) is 104 cm³/mol. The minimum absolute atomic E-state index is 0.0193. The Labute approximate surface area is 161 Å². The number of carbonyl (C=O) groups is 1. The first-order valence-corrected chi connectivity index (χ1v) is 8.92. The monoisotopic (exact) mass is 380 g/mol. The maximum atomic E-state index is 13.0. The molecule has 6 heteroatoms. The van der Waals surface area contributed by atoms with Crippen LogP contribution in [0.1, 0.15) is 39.6 Å². The summed E-state index contributed by atoms with van der Waals surface area (Å²) in [6.45, 7) is 3.62. The molecule has 3 aromatic rings. The average Bonchev–Trinajstić information content (AvgIpc) is 2.66. The molecule has 28 heavy (non-hydrogen) atoms. The third-order valence-corrected chi connectivity index (χ3v) is 5.08. The molecule has 0 radical (unpaired) electrons. The Balaban J connectivity index is 1.91. The van der Waals surface area contributed by atoms with Crippen molar-refractivity contribution in [3.63, 3.8) is 0 Å². The van der Waals surface area contributed by atoms with Gasteiger partial charge in [0.15, 0.2) is 5.78 Å². The molecule has 0 saturated carbocycles. The van der Waals surface area contributed by atoms with Gasteiger partial charge in [-0.05, 0) is 43.2 Å². The maximum absolute atomic E-state index is 13.0. The molecule has 4 rings (SSSR count). The van der Waals surface area contributed by atoms with Gasteiger partial charge in [-0.1, -0.05) is 0 Å². The van der Waals surface area contributed by atoms with E-state index in [1.807, 2.05) is 13.0 Å². The van der Waals surface area contributed by atoms with Crippen LogP contribution in [0.2, 0.25) is 0 Å². The van der Waals surface area contributed by atoms with Gasteiger partial charge in [-0.15, -0.1) is 0 Å². The number of Topliss-reactive ketones (excluding diaryl/α,β-unsaturated/α-hetero) is 1. The summed E-state index contributed by atoms with van der Waals surface area (Å²) in [6, 6.07) is 8.53. The second kappa shape index (κ2) is 6.71. The zero-order chi connectivity index (χ0) is 20.0. The first kappa shape index (κ1) is 18.1. The van der Waals surface area contributed by atoms with Crippen molar-refractivity contribution in [1.82, 2.24) is 0 Å². The number of benzene rings is 2. The van der Waals surface area contributed by atoms with Crippen molar-refractivity contribution >= 4 is 16.8 Å². The van der Waals surface area contributed by atoms with Crippen molar-refractivity contribution in [3.8, 4) is 17.2 Å². The summed E-state index contributed by atoms with van der Waals surface area (Å²) >= 11 is 0. The molecule has 2 aromatic carbocycles. The molecule has 0 aliphatic carbocycles. The summed E-state index contributed by atoms with van der Waals surface area (Å²) in [5, 5.41) is 0.644. The summed E-state index contributed by atoms with van der Waals surface area (Å²) in [7, 11) is 3.14. The molecule has 0 spiro atoms. The quantitative estimate of drug-likeness (QED) is 0.636. The highest BCUT2D eigenvalue weighted by Gasteiger charge is 2.33. The van der Waals surface area contributed by atoms with Gasteiger partial charge in [0, 0.05) is 17.7 Å². The first-order chi connectivity index (χ1) is 13.4. The number of ether oxygens (including phenoxy) is 3. The molecule has 0 amide bonds. The van der Waals surface area contributed by atoms with Crippen LogP contribution in [0.3, 0.4) is 0 Å². The molecular weight excluding hydrogens is 360 g/mol. The third-order valence-electron chi connectivity index (χ3n) is 5.08. The molecule has 0 bridgehead atoms. The van der Waals surface area contributed by atoms with Crippen LogP contribution in [0, 0.1) is 13.8 Å². The summed E-state index contributed by atoms with van der Waals surface area (Å²) < 4.78 is 22.4. The minimum atomic E-state index is -0.516. The predicted octanol–water partition coefficient (Wildman–Crippen LogP) is 4.13. The number of methoxy groups -OCH3 is 2. The maximum Gasteiger partial charge on any atom is 0.336 e. The summed E-state index contributed by atoms with van der Waals surface area (Å²) in [6.07, 6.45) is -0.324. The largest absolute Gasteiger partial charge is 0.497 e. The molecule has 0 fully saturated rings. The zero-order valence-electron chi connectivity index (χ0n) is 16.1. The fourth-order valence-electron chi connectivity index (χ4n) is 3.77. The Morgan fingerprint density at radius 1 is 1.00 bits per heavy atom. The van der Waals surface area contributed by atoms with E-state index in [-0.39, 0.29) is 12.2 Å². The van der Waals surface area contributed by atoms with Gasteiger partial charge in [0.2, 0.25) is 0 Å². The second-order valence-corrected chi connectivity index (χ2v) is 6.86. The van der Waals surface area contributed by atoms with Gasteiger partial charge in [0.05, 0.1) is 31.6 Å². The van der Waals surface area contributed by atoms with Crippen LogP contribution in [0.4, 0.5) is 0 Å². The molecule has 144 valence electrons. The highest BCUT2D eigenvalue weighted by Crippen LogP contribution is 2.44. The van der Waals surface area contributed by atoms with E-state index < -0.39 is 11.7 Å². The highest BCUT2D eigenvalue weighted by atomic mass is 16.5. The minimum Gasteiger partial charge on any atom is -0.497 e. The van der Waals surface area contributed by atoms with Gasteiger partial charge in [-0.25, -0.2) is 4.79 Å². The number of hydrogen-bond acceptors (Lipinski definition) is 6. The number of rotatable bonds is 3. The Bertz CT molecular complexity index is 1160. The standard InChI is InChI=1S/C22H20O6/c1-11-7-18-21(12(2)8-19(24)27-18)22-20(11)15(23)10-17(28-22)14-6-5-13(25-3)9-16(14)26-4/h5-9,17H,10H2,1-4H3/t17-/m0/s1. The Morgan fingerprint density at radius 2 is 1.79 bits per heavy atom. The average molecular weight is 380 g/mol. The van der Waals surface area contributed by atoms with Crippen molar-refractivity contribution in [2.75, 3.05) is 14.2 Å². The Morgan fingerprint density at radius 3 is 2.50 bits per heavy atom. The van der Waals surface area contributed by atoms with Crippen molar-refractivity contribution in [1.29, 1.82) is 0 Å². The van der Waals surface area contributed by atoms with Crippen LogP contribution in [-0.2, 0) is 0 Å². The molecule has 0 N–H and O–H groups in total. The highest BCUT2D eigenvalue weighted by molar-refractivity contribution is 6.07. The van der Waals surface area contributed by atoms with Crippen LogP contribution in [0.15, 0.2) is 39.5 Å². The number of carbonyl (C=O) groups excluding carboxylic acids is 1. The molecule has 1 aliphatic heterocycles. The van der Waals surface area contributed by atoms with E-state index >= 15 is 0 Å². The van der Waals surface area contributed by atoms with Crippen LogP contribution >= 0.6 is 0 Å². The van der Waals surface area contributed by atoms with Gasteiger partial charge >= 0.3 is 5.63 Å². The van der Waals surface area contributed by atoms with Crippen molar-refractivity contribution in [2.24, 2.45) is 0 Å². The van der Waals surface area contributed by atoms with Gasteiger partial charge in [0.1, 0.15) is 28.9 Å². The summed E-state index contributed by atoms with van der Waals surface area (Å²) in [4.78, 5) is 24.8. The van der Waals surface area contributed by atoms with Crippen LogP contribution in [0.5, 0.6) is 17.2 Å². The lowest BCUT2D eigenvalue weighted by Crippen LogP contribution is -2.22. The first-order valence-electron chi connectivity index (χ1n) is 8.92. The van der Waals surface area contributed by atoms with Gasteiger partial charge < -0.3 is 18.6 Å². The van der Waals surface area contributed by atoms with Gasteiger partial charge in [-0.3, -0.25) is 4.79 Å². The lowest BCUT2D eigenvalue weighted by molar-refractivity contribution is 0.0849. The summed E-state index contributed by atoms with van der Waals surface area (Å²) in [5.41, 5.74) is 2.70. The lowest BCUT2D eigenvalue weighted by Gasteiger charge is -2.29. The van der Waals surface area contributed by atoms with Crippen LogP contribution in [0.25, 0.3) is 11.0 Å². The van der Waals surface area contributed by atoms with Crippen LogP contribution < -0.4 is 19.8 Å². The third kappa shape index (κ3) is 2.81. The lowest BCUT2D eigenvalue weighted by atomic mass is 9.91. The van der Waals surface area contributed by atoms with Crippen LogP contribution in [-0.4, -0.2) is 20.0 Å². The molecule has 2 heterocycles. The fourth-order valence-corrected chi connectivity index (χ4v) is 3.77. The van der Waals surface area contributed by atoms with Gasteiger partial charge in [-0.2, -0.15) is 0 Å². The Hall–Kier alpha value is -3.28. The van der Waals surface area contributed by atoms with Crippen molar-refractivity contribution < 1.29 is 23.4 Å². The van der Waals surface area contributed by atoms with E-state index in [1.165, 1.54) is 6.07 Å². The normalized spacial score (nSPS) is 15.9. The smallest absolute Gasteiger partial charge is 0.336 e. The second-order valence-electron chi connectivity index (χ2n) is 6.86. The van der Waals surface area contributed by atoms with E-state index in [0.717, 1.165) is 11.1 Å². The molecular formula is C22H20O6. The number of fused-ring (bicyclic) bond motifs is 3.